The maximum absolute atomic E-state index is 12.8. The van der Waals surface area contributed by atoms with Crippen LogP contribution in [0.5, 0.6) is 0 Å². The first-order valence-electron chi connectivity index (χ1n) is 7.21. The highest BCUT2D eigenvalue weighted by Crippen LogP contribution is 2.38. The quantitative estimate of drug-likeness (QED) is 0.376. The van der Waals surface area contributed by atoms with Gasteiger partial charge in [0.05, 0.1) is 10.6 Å². The molecular formula is C18H11Cl2NO2S2. The molecule has 126 valence electrons. The van der Waals surface area contributed by atoms with E-state index in [2.05, 4.69) is 0 Å². The zero-order valence-electron chi connectivity index (χ0n) is 13.0. The summed E-state index contributed by atoms with van der Waals surface area (Å²) in [4.78, 5) is 26.2. The number of anilines is 1. The average molecular weight is 408 g/mol. The average Bonchev–Trinajstić information content (AvgIpc) is 2.85. The van der Waals surface area contributed by atoms with Gasteiger partial charge in [-0.3, -0.25) is 14.5 Å². The van der Waals surface area contributed by atoms with E-state index in [0.717, 1.165) is 0 Å². The molecule has 0 atom stereocenters. The van der Waals surface area contributed by atoms with Gasteiger partial charge >= 0.3 is 0 Å². The SMILES string of the molecule is CC(=O)c1cccc(N2C(=O)C(=Cc3c(Cl)cccc3Cl)SC2=S)c1. The van der Waals surface area contributed by atoms with Crippen molar-refractivity contribution in [2.75, 3.05) is 4.90 Å². The van der Waals surface area contributed by atoms with Crippen LogP contribution in [0, 0.1) is 0 Å². The Balaban J connectivity index is 2.00. The third kappa shape index (κ3) is 3.65. The van der Waals surface area contributed by atoms with Gasteiger partial charge in [0, 0.05) is 21.2 Å². The summed E-state index contributed by atoms with van der Waals surface area (Å²) in [6.45, 7) is 1.47. The predicted molar refractivity (Wildman–Crippen MR) is 109 cm³/mol. The number of amides is 1. The number of thiocarbonyl (C=S) groups is 1. The molecule has 0 saturated carbocycles. The Bertz CT molecular complexity index is 920. The first-order valence-corrected chi connectivity index (χ1v) is 9.19. The number of carbonyl (C=O) groups excluding carboxylic acids is 2. The predicted octanol–water partition coefficient (Wildman–Crippen LogP) is 5.60. The van der Waals surface area contributed by atoms with E-state index in [1.807, 2.05) is 0 Å². The normalized spacial score (nSPS) is 16.0. The van der Waals surface area contributed by atoms with Crippen LogP contribution in [0.1, 0.15) is 22.8 Å². The minimum absolute atomic E-state index is 0.0781. The second kappa shape index (κ2) is 7.30. The highest BCUT2D eigenvalue weighted by molar-refractivity contribution is 8.27. The van der Waals surface area contributed by atoms with E-state index in [1.165, 1.54) is 23.6 Å². The van der Waals surface area contributed by atoms with Crippen molar-refractivity contribution >= 4 is 75.0 Å². The fourth-order valence-corrected chi connectivity index (χ4v) is 4.12. The third-order valence-electron chi connectivity index (χ3n) is 3.58. The molecule has 0 aromatic heterocycles. The maximum Gasteiger partial charge on any atom is 0.270 e. The first-order chi connectivity index (χ1) is 11.9. The molecule has 1 heterocycles. The molecule has 1 saturated heterocycles. The molecule has 3 nitrogen and oxygen atoms in total. The van der Waals surface area contributed by atoms with Crippen LogP contribution in [0.25, 0.3) is 6.08 Å². The lowest BCUT2D eigenvalue weighted by molar-refractivity contribution is -0.113. The first kappa shape index (κ1) is 18.1. The summed E-state index contributed by atoms with van der Waals surface area (Å²) in [6, 6.07) is 12.0. The number of benzene rings is 2. The number of nitrogens with zero attached hydrogens (tertiary/aromatic N) is 1. The molecular weight excluding hydrogens is 397 g/mol. The van der Waals surface area contributed by atoms with Crippen molar-refractivity contribution in [1.82, 2.24) is 0 Å². The van der Waals surface area contributed by atoms with Gasteiger partial charge in [0.1, 0.15) is 0 Å². The van der Waals surface area contributed by atoms with E-state index in [1.54, 1.807) is 48.5 Å². The van der Waals surface area contributed by atoms with Gasteiger partial charge in [-0.2, -0.15) is 0 Å². The molecule has 2 aromatic rings. The Kier molecular flexibility index (Phi) is 5.29. The topological polar surface area (TPSA) is 37.4 Å². The molecule has 0 aliphatic carbocycles. The van der Waals surface area contributed by atoms with E-state index in [9.17, 15) is 9.59 Å². The molecule has 0 N–H and O–H groups in total. The lowest BCUT2D eigenvalue weighted by atomic mass is 10.1. The largest absolute Gasteiger partial charge is 0.295 e. The molecule has 7 heteroatoms. The molecule has 0 unspecified atom stereocenters. The van der Waals surface area contributed by atoms with Crippen molar-refractivity contribution in [2.24, 2.45) is 0 Å². The monoisotopic (exact) mass is 407 g/mol. The number of ketones is 1. The zero-order valence-corrected chi connectivity index (χ0v) is 16.1. The fraction of sp³-hybridized carbons (Fsp3) is 0.0556. The molecule has 0 bridgehead atoms. The molecule has 1 aliphatic rings. The molecule has 2 aromatic carbocycles. The molecule has 25 heavy (non-hydrogen) atoms. The Labute approximate surface area is 164 Å². The summed E-state index contributed by atoms with van der Waals surface area (Å²) >= 11 is 18.8. The van der Waals surface area contributed by atoms with Crippen molar-refractivity contribution in [3.05, 3.63) is 68.5 Å². The van der Waals surface area contributed by atoms with Gasteiger partial charge < -0.3 is 0 Å². The number of hydrogen-bond acceptors (Lipinski definition) is 4. The molecule has 1 amide bonds. The Morgan fingerprint density at radius 1 is 1.16 bits per heavy atom. The van der Waals surface area contributed by atoms with Crippen LogP contribution in [0.4, 0.5) is 5.69 Å². The van der Waals surface area contributed by atoms with Gasteiger partial charge in [0.15, 0.2) is 10.1 Å². The lowest BCUT2D eigenvalue weighted by Gasteiger charge is -2.15. The van der Waals surface area contributed by atoms with Gasteiger partial charge in [-0.1, -0.05) is 65.4 Å². The summed E-state index contributed by atoms with van der Waals surface area (Å²) in [5.74, 6) is -0.350. The lowest BCUT2D eigenvalue weighted by Crippen LogP contribution is -2.27. The van der Waals surface area contributed by atoms with E-state index in [-0.39, 0.29) is 11.7 Å². The number of rotatable bonds is 3. The van der Waals surface area contributed by atoms with Crippen LogP contribution in [-0.2, 0) is 4.79 Å². The molecule has 0 spiro atoms. The van der Waals surface area contributed by atoms with E-state index >= 15 is 0 Å². The van der Waals surface area contributed by atoms with Crippen LogP contribution >= 0.6 is 47.2 Å². The summed E-state index contributed by atoms with van der Waals surface area (Å²) in [7, 11) is 0. The van der Waals surface area contributed by atoms with E-state index < -0.39 is 0 Å². The number of Topliss-reactive ketones (excluding diaryl/α,β-unsaturated/α-hetero) is 1. The highest BCUT2D eigenvalue weighted by atomic mass is 35.5. The van der Waals surface area contributed by atoms with Crippen LogP contribution in [0.3, 0.4) is 0 Å². The van der Waals surface area contributed by atoms with Gasteiger partial charge in [-0.15, -0.1) is 0 Å². The minimum atomic E-state index is -0.272. The van der Waals surface area contributed by atoms with Gasteiger partial charge in [0.2, 0.25) is 0 Å². The highest BCUT2D eigenvalue weighted by Gasteiger charge is 2.33. The standard InChI is InChI=1S/C18H11Cl2NO2S2/c1-10(22)11-4-2-5-12(8-11)21-17(23)16(25-18(21)24)9-13-14(19)6-3-7-15(13)20/h2-9H,1H3. The fourth-order valence-electron chi connectivity index (χ4n) is 2.33. The zero-order chi connectivity index (χ0) is 18.1. The number of halogens is 2. The number of hydrogen-bond donors (Lipinski definition) is 0. The van der Waals surface area contributed by atoms with Crippen LogP contribution < -0.4 is 4.90 Å². The van der Waals surface area contributed by atoms with Gasteiger partial charge in [-0.05, 0) is 37.3 Å². The van der Waals surface area contributed by atoms with Crippen LogP contribution in [0.2, 0.25) is 10.0 Å². The van der Waals surface area contributed by atoms with Crippen molar-refractivity contribution in [2.45, 2.75) is 6.92 Å². The Morgan fingerprint density at radius 2 is 1.80 bits per heavy atom. The van der Waals surface area contributed by atoms with Crippen molar-refractivity contribution in [3.8, 4) is 0 Å². The summed E-state index contributed by atoms with van der Waals surface area (Å²) in [5, 5.41) is 0.910. The van der Waals surface area contributed by atoms with Crippen LogP contribution in [0.15, 0.2) is 47.4 Å². The molecule has 0 radical (unpaired) electrons. The molecule has 1 fully saturated rings. The van der Waals surface area contributed by atoms with Gasteiger partial charge in [0.25, 0.3) is 5.91 Å². The minimum Gasteiger partial charge on any atom is -0.295 e. The van der Waals surface area contributed by atoms with Gasteiger partial charge in [-0.25, -0.2) is 0 Å². The number of carbonyl (C=O) groups is 2. The third-order valence-corrected chi connectivity index (χ3v) is 5.54. The Morgan fingerprint density at radius 3 is 2.44 bits per heavy atom. The number of thioether (sulfide) groups is 1. The summed E-state index contributed by atoms with van der Waals surface area (Å²) < 4.78 is 0.389. The summed E-state index contributed by atoms with van der Waals surface area (Å²) in [5.41, 5.74) is 1.65. The smallest absolute Gasteiger partial charge is 0.270 e. The second-order valence-corrected chi connectivity index (χ2v) is 7.75. The molecule has 3 rings (SSSR count). The van der Waals surface area contributed by atoms with Crippen molar-refractivity contribution < 1.29 is 9.59 Å². The second-order valence-electron chi connectivity index (χ2n) is 5.26. The Hall–Kier alpha value is -1.66. The van der Waals surface area contributed by atoms with Crippen molar-refractivity contribution in [1.29, 1.82) is 0 Å². The van der Waals surface area contributed by atoms with E-state index in [0.29, 0.717) is 36.1 Å². The molecule has 1 aliphatic heterocycles. The van der Waals surface area contributed by atoms with E-state index in [4.69, 9.17) is 35.4 Å². The van der Waals surface area contributed by atoms with Crippen molar-refractivity contribution in [3.63, 3.8) is 0 Å². The maximum atomic E-state index is 12.8. The summed E-state index contributed by atoms with van der Waals surface area (Å²) in [6.07, 6.45) is 1.64. The van der Waals surface area contributed by atoms with Crippen LogP contribution in [-0.4, -0.2) is 16.0 Å².